The van der Waals surface area contributed by atoms with Gasteiger partial charge in [0.25, 0.3) is 0 Å². The van der Waals surface area contributed by atoms with Gasteiger partial charge < -0.3 is 15.4 Å². The zero-order valence-corrected chi connectivity index (χ0v) is 10.3. The molecule has 1 aliphatic heterocycles. The van der Waals surface area contributed by atoms with Gasteiger partial charge in [-0.3, -0.25) is 4.98 Å². The van der Waals surface area contributed by atoms with E-state index in [2.05, 4.69) is 21.9 Å². The maximum Gasteiger partial charge on any atom is 0.151 e. The number of anilines is 1. The van der Waals surface area contributed by atoms with Crippen molar-refractivity contribution in [2.24, 2.45) is 11.7 Å². The summed E-state index contributed by atoms with van der Waals surface area (Å²) in [6.07, 6.45) is 5.66. The van der Waals surface area contributed by atoms with Crippen LogP contribution in [0.15, 0.2) is 12.4 Å². The van der Waals surface area contributed by atoms with E-state index in [0.717, 1.165) is 44.1 Å². The van der Waals surface area contributed by atoms with Gasteiger partial charge in [-0.15, -0.1) is 0 Å². The molecule has 1 aliphatic rings. The average molecular weight is 236 g/mol. The molecule has 1 fully saturated rings. The molecule has 1 aromatic rings. The maximum atomic E-state index is 5.67. The molecule has 2 heterocycles. The Morgan fingerprint density at radius 2 is 2.06 bits per heavy atom. The van der Waals surface area contributed by atoms with Gasteiger partial charge in [0.2, 0.25) is 0 Å². The molecule has 0 amide bonds. The first-order valence-electron chi connectivity index (χ1n) is 6.10. The van der Waals surface area contributed by atoms with E-state index >= 15 is 0 Å². The highest BCUT2D eigenvalue weighted by Gasteiger charge is 2.17. The Morgan fingerprint density at radius 3 is 2.76 bits per heavy atom. The lowest BCUT2D eigenvalue weighted by Crippen LogP contribution is -2.31. The molecule has 0 atom stereocenters. The number of nitrogens with zero attached hydrogens (tertiary/aromatic N) is 3. The fourth-order valence-electron chi connectivity index (χ4n) is 2.23. The Hall–Kier alpha value is -1.20. The first-order valence-corrected chi connectivity index (χ1v) is 6.10. The SMILES string of the molecule is CN(CC1CCOCC1)c1nccnc1CN. The summed E-state index contributed by atoms with van der Waals surface area (Å²) in [5, 5.41) is 0. The summed E-state index contributed by atoms with van der Waals surface area (Å²) in [6, 6.07) is 0. The topological polar surface area (TPSA) is 64.3 Å². The van der Waals surface area contributed by atoms with Crippen molar-refractivity contribution >= 4 is 5.82 Å². The number of hydrogen-bond acceptors (Lipinski definition) is 5. The fourth-order valence-corrected chi connectivity index (χ4v) is 2.23. The van der Waals surface area contributed by atoms with Crippen LogP contribution in [-0.4, -0.2) is 36.8 Å². The summed E-state index contributed by atoms with van der Waals surface area (Å²) >= 11 is 0. The first kappa shape index (κ1) is 12.3. The molecule has 2 rings (SSSR count). The van der Waals surface area contributed by atoms with E-state index in [1.54, 1.807) is 12.4 Å². The van der Waals surface area contributed by atoms with Crippen molar-refractivity contribution in [2.45, 2.75) is 19.4 Å². The Labute approximate surface area is 102 Å². The minimum absolute atomic E-state index is 0.432. The van der Waals surface area contributed by atoms with Crippen molar-refractivity contribution in [2.75, 3.05) is 31.7 Å². The van der Waals surface area contributed by atoms with Gasteiger partial charge in [-0.2, -0.15) is 0 Å². The summed E-state index contributed by atoms with van der Waals surface area (Å²) in [5.74, 6) is 1.59. The van der Waals surface area contributed by atoms with Crippen molar-refractivity contribution < 1.29 is 4.74 Å². The van der Waals surface area contributed by atoms with Crippen LogP contribution < -0.4 is 10.6 Å². The lowest BCUT2D eigenvalue weighted by atomic mass is 10.00. The molecule has 94 valence electrons. The number of rotatable bonds is 4. The van der Waals surface area contributed by atoms with Crippen LogP contribution in [0.3, 0.4) is 0 Å². The van der Waals surface area contributed by atoms with Crippen LogP contribution in [0.1, 0.15) is 18.5 Å². The predicted molar refractivity (Wildman–Crippen MR) is 66.7 cm³/mol. The van der Waals surface area contributed by atoms with Crippen molar-refractivity contribution in [1.82, 2.24) is 9.97 Å². The van der Waals surface area contributed by atoms with Gasteiger partial charge in [-0.1, -0.05) is 0 Å². The monoisotopic (exact) mass is 236 g/mol. The van der Waals surface area contributed by atoms with E-state index in [4.69, 9.17) is 10.5 Å². The van der Waals surface area contributed by atoms with Crippen LogP contribution in [-0.2, 0) is 11.3 Å². The summed E-state index contributed by atoms with van der Waals surface area (Å²) in [5.41, 5.74) is 6.54. The van der Waals surface area contributed by atoms with E-state index in [1.807, 2.05) is 0 Å². The number of hydrogen-bond donors (Lipinski definition) is 1. The zero-order chi connectivity index (χ0) is 12.1. The normalized spacial score (nSPS) is 17.1. The molecule has 2 N–H and O–H groups in total. The largest absolute Gasteiger partial charge is 0.381 e. The average Bonchev–Trinajstić information content (AvgIpc) is 2.40. The maximum absolute atomic E-state index is 5.67. The van der Waals surface area contributed by atoms with Gasteiger partial charge in [0, 0.05) is 45.7 Å². The highest BCUT2D eigenvalue weighted by Crippen LogP contribution is 2.19. The third-order valence-electron chi connectivity index (χ3n) is 3.18. The van der Waals surface area contributed by atoms with E-state index in [0.29, 0.717) is 12.5 Å². The Kier molecular flexibility index (Phi) is 4.28. The van der Waals surface area contributed by atoms with Crippen LogP contribution in [0.5, 0.6) is 0 Å². The lowest BCUT2D eigenvalue weighted by molar-refractivity contribution is 0.0685. The summed E-state index contributed by atoms with van der Waals surface area (Å²) in [4.78, 5) is 10.8. The number of nitrogens with two attached hydrogens (primary N) is 1. The molecule has 5 heteroatoms. The number of aromatic nitrogens is 2. The second-order valence-corrected chi connectivity index (χ2v) is 4.47. The fraction of sp³-hybridized carbons (Fsp3) is 0.667. The molecule has 5 nitrogen and oxygen atoms in total. The predicted octanol–water partition coefficient (Wildman–Crippen LogP) is 0.798. The molecule has 0 saturated carbocycles. The molecule has 0 aliphatic carbocycles. The van der Waals surface area contributed by atoms with Crippen LogP contribution in [0.2, 0.25) is 0 Å². The smallest absolute Gasteiger partial charge is 0.151 e. The van der Waals surface area contributed by atoms with E-state index in [-0.39, 0.29) is 0 Å². The summed E-state index contributed by atoms with van der Waals surface area (Å²) in [6.45, 7) is 3.18. The van der Waals surface area contributed by atoms with Crippen molar-refractivity contribution in [1.29, 1.82) is 0 Å². The zero-order valence-electron chi connectivity index (χ0n) is 10.3. The van der Waals surface area contributed by atoms with Crippen molar-refractivity contribution in [3.63, 3.8) is 0 Å². The standard InChI is InChI=1S/C12H20N4O/c1-16(9-10-2-6-17-7-3-10)12-11(8-13)14-4-5-15-12/h4-5,10H,2-3,6-9,13H2,1H3. The molecule has 0 radical (unpaired) electrons. The van der Waals surface area contributed by atoms with Gasteiger partial charge >= 0.3 is 0 Å². The minimum Gasteiger partial charge on any atom is -0.381 e. The third-order valence-corrected chi connectivity index (χ3v) is 3.18. The Morgan fingerprint density at radius 1 is 1.35 bits per heavy atom. The van der Waals surface area contributed by atoms with E-state index < -0.39 is 0 Å². The van der Waals surface area contributed by atoms with E-state index in [1.165, 1.54) is 0 Å². The van der Waals surface area contributed by atoms with Gasteiger partial charge in [0.15, 0.2) is 5.82 Å². The Balaban J connectivity index is 2.00. The highest BCUT2D eigenvalue weighted by atomic mass is 16.5. The van der Waals surface area contributed by atoms with Crippen LogP contribution >= 0.6 is 0 Å². The molecular weight excluding hydrogens is 216 g/mol. The quantitative estimate of drug-likeness (QED) is 0.837. The second kappa shape index (κ2) is 5.93. The van der Waals surface area contributed by atoms with Crippen LogP contribution in [0.4, 0.5) is 5.82 Å². The molecule has 0 unspecified atom stereocenters. The van der Waals surface area contributed by atoms with Crippen LogP contribution in [0, 0.1) is 5.92 Å². The van der Waals surface area contributed by atoms with Gasteiger partial charge in [-0.25, -0.2) is 4.98 Å². The summed E-state index contributed by atoms with van der Waals surface area (Å²) in [7, 11) is 2.05. The molecule has 1 saturated heterocycles. The second-order valence-electron chi connectivity index (χ2n) is 4.47. The highest BCUT2D eigenvalue weighted by molar-refractivity contribution is 5.41. The molecule has 17 heavy (non-hydrogen) atoms. The lowest BCUT2D eigenvalue weighted by Gasteiger charge is -2.28. The molecule has 1 aromatic heterocycles. The minimum atomic E-state index is 0.432. The summed E-state index contributed by atoms with van der Waals surface area (Å²) < 4.78 is 5.37. The molecule has 0 bridgehead atoms. The van der Waals surface area contributed by atoms with Crippen LogP contribution in [0.25, 0.3) is 0 Å². The molecule has 0 aromatic carbocycles. The Bertz CT molecular complexity index is 352. The molecular formula is C12H20N4O. The first-order chi connectivity index (χ1) is 8.31. The van der Waals surface area contributed by atoms with Gasteiger partial charge in [-0.05, 0) is 18.8 Å². The van der Waals surface area contributed by atoms with E-state index in [9.17, 15) is 0 Å². The third kappa shape index (κ3) is 3.14. The number of ether oxygens (including phenoxy) is 1. The molecule has 0 spiro atoms. The van der Waals surface area contributed by atoms with Crippen molar-refractivity contribution in [3.05, 3.63) is 18.1 Å². The van der Waals surface area contributed by atoms with Gasteiger partial charge in [0.1, 0.15) is 0 Å². The van der Waals surface area contributed by atoms with Crippen molar-refractivity contribution in [3.8, 4) is 0 Å². The van der Waals surface area contributed by atoms with Gasteiger partial charge in [0.05, 0.1) is 5.69 Å².